The summed E-state index contributed by atoms with van der Waals surface area (Å²) in [5.74, 6) is 0.860. The molecule has 0 bridgehead atoms. The van der Waals surface area contributed by atoms with Gasteiger partial charge in [-0.05, 0) is 37.1 Å². The summed E-state index contributed by atoms with van der Waals surface area (Å²) >= 11 is 1.22. The Bertz CT molecular complexity index is 1100. The maximum absolute atomic E-state index is 12.9. The molecule has 2 amide bonds. The minimum Gasteiger partial charge on any atom is -0.454 e. The van der Waals surface area contributed by atoms with E-state index in [1.807, 2.05) is 35.2 Å². The lowest BCUT2D eigenvalue weighted by atomic mass is 10.2. The first-order valence-electron chi connectivity index (χ1n) is 9.59. The van der Waals surface area contributed by atoms with Gasteiger partial charge in [-0.2, -0.15) is 0 Å². The van der Waals surface area contributed by atoms with E-state index in [1.165, 1.54) is 11.3 Å². The molecule has 1 saturated heterocycles. The molecule has 2 aliphatic rings. The number of anilines is 1. The van der Waals surface area contributed by atoms with E-state index in [0.29, 0.717) is 34.3 Å². The van der Waals surface area contributed by atoms with Crippen LogP contribution in [0, 0.1) is 0 Å². The predicted molar refractivity (Wildman–Crippen MR) is 110 cm³/mol. The zero-order chi connectivity index (χ0) is 20.5. The van der Waals surface area contributed by atoms with Crippen LogP contribution < -0.4 is 14.8 Å². The molecule has 3 aromatic rings. The quantitative estimate of drug-likeness (QED) is 0.692. The average Bonchev–Trinajstić information content (AvgIpc) is 3.53. The number of amides is 2. The van der Waals surface area contributed by atoms with Gasteiger partial charge in [-0.1, -0.05) is 29.5 Å². The highest BCUT2D eigenvalue weighted by molar-refractivity contribution is 7.13. The third-order valence-electron chi connectivity index (χ3n) is 5.08. The van der Waals surface area contributed by atoms with Gasteiger partial charge in [0.15, 0.2) is 11.5 Å². The second-order valence-electron chi connectivity index (χ2n) is 6.99. The molecule has 0 saturated carbocycles. The van der Waals surface area contributed by atoms with Gasteiger partial charge in [0.25, 0.3) is 11.8 Å². The molecule has 1 atom stereocenters. The van der Waals surface area contributed by atoms with Crippen molar-refractivity contribution < 1.29 is 19.1 Å². The molecule has 8 nitrogen and oxygen atoms in total. The molecule has 152 valence electrons. The molecule has 2 aliphatic heterocycles. The Morgan fingerprint density at radius 1 is 1.07 bits per heavy atom. The van der Waals surface area contributed by atoms with Crippen LogP contribution >= 0.6 is 11.3 Å². The minimum atomic E-state index is -0.350. The number of ether oxygens (including phenoxy) is 2. The summed E-state index contributed by atoms with van der Waals surface area (Å²) in [5.41, 5.74) is 1.23. The first-order chi connectivity index (χ1) is 14.7. The van der Waals surface area contributed by atoms with Gasteiger partial charge < -0.3 is 19.7 Å². The summed E-state index contributed by atoms with van der Waals surface area (Å²) in [6, 6.07) is 14.2. The number of hydrogen-bond donors (Lipinski definition) is 1. The second-order valence-corrected chi connectivity index (χ2v) is 8.00. The molecular weight excluding hydrogens is 404 g/mol. The van der Waals surface area contributed by atoms with E-state index < -0.39 is 0 Å². The van der Waals surface area contributed by atoms with Crippen LogP contribution in [0.5, 0.6) is 11.5 Å². The van der Waals surface area contributed by atoms with Crippen LogP contribution in [0.15, 0.2) is 48.5 Å². The summed E-state index contributed by atoms with van der Waals surface area (Å²) in [5, 5.41) is 12.0. The molecule has 1 unspecified atom stereocenters. The summed E-state index contributed by atoms with van der Waals surface area (Å²) in [7, 11) is 0. The summed E-state index contributed by atoms with van der Waals surface area (Å²) < 4.78 is 10.6. The Morgan fingerprint density at radius 2 is 1.90 bits per heavy atom. The van der Waals surface area contributed by atoms with Gasteiger partial charge in [-0.25, -0.2) is 0 Å². The van der Waals surface area contributed by atoms with Crippen LogP contribution in [0.25, 0.3) is 0 Å². The topological polar surface area (TPSA) is 93.7 Å². The Morgan fingerprint density at radius 3 is 2.77 bits per heavy atom. The lowest BCUT2D eigenvalue weighted by molar-refractivity contribution is 0.0735. The highest BCUT2D eigenvalue weighted by Gasteiger charge is 2.33. The van der Waals surface area contributed by atoms with Crippen molar-refractivity contribution in [2.24, 2.45) is 0 Å². The highest BCUT2D eigenvalue weighted by atomic mass is 32.1. The highest BCUT2D eigenvalue weighted by Crippen LogP contribution is 2.36. The molecule has 5 rings (SSSR count). The van der Waals surface area contributed by atoms with Gasteiger partial charge in [-0.15, -0.1) is 10.2 Å². The maximum Gasteiger partial charge on any atom is 0.286 e. The minimum absolute atomic E-state index is 0.0281. The van der Waals surface area contributed by atoms with Gasteiger partial charge in [0.05, 0.1) is 6.04 Å². The van der Waals surface area contributed by atoms with Crippen LogP contribution in [0.2, 0.25) is 0 Å². The summed E-state index contributed by atoms with van der Waals surface area (Å²) in [6.07, 6.45) is 1.69. The molecule has 0 aliphatic carbocycles. The van der Waals surface area contributed by atoms with E-state index in [9.17, 15) is 9.59 Å². The van der Waals surface area contributed by atoms with E-state index in [0.717, 1.165) is 12.8 Å². The number of fused-ring (bicyclic) bond motifs is 1. The molecule has 1 fully saturated rings. The molecular formula is C21H18N4O4S. The third kappa shape index (κ3) is 3.48. The van der Waals surface area contributed by atoms with E-state index in [2.05, 4.69) is 15.5 Å². The van der Waals surface area contributed by atoms with Gasteiger partial charge in [0.2, 0.25) is 11.8 Å². The first-order valence-corrected chi connectivity index (χ1v) is 10.4. The monoisotopic (exact) mass is 422 g/mol. The predicted octanol–water partition coefficient (Wildman–Crippen LogP) is 3.50. The van der Waals surface area contributed by atoms with E-state index in [4.69, 9.17) is 9.47 Å². The number of hydrogen-bond acceptors (Lipinski definition) is 7. The maximum atomic E-state index is 12.9. The Kier molecular flexibility index (Phi) is 4.80. The number of rotatable bonds is 4. The van der Waals surface area contributed by atoms with Gasteiger partial charge >= 0.3 is 0 Å². The fourth-order valence-electron chi connectivity index (χ4n) is 3.63. The van der Waals surface area contributed by atoms with Gasteiger partial charge in [0, 0.05) is 23.9 Å². The van der Waals surface area contributed by atoms with Crippen molar-refractivity contribution >= 4 is 28.8 Å². The van der Waals surface area contributed by atoms with Crippen LogP contribution in [-0.2, 0) is 0 Å². The number of carbonyl (C=O) groups excluding carboxylic acids is 2. The summed E-state index contributed by atoms with van der Waals surface area (Å²) in [4.78, 5) is 27.3. The van der Waals surface area contributed by atoms with Crippen molar-refractivity contribution in [3.63, 3.8) is 0 Å². The first kappa shape index (κ1) is 18.6. The molecule has 3 heterocycles. The van der Waals surface area contributed by atoms with Crippen LogP contribution in [-0.4, -0.2) is 40.2 Å². The SMILES string of the molecule is O=C(Nc1ccc2c(c1)OCO2)c1nnc(C2CCCN2C(=O)c2ccccc2)s1. The smallest absolute Gasteiger partial charge is 0.286 e. The molecule has 2 aromatic carbocycles. The van der Waals surface area contributed by atoms with Crippen LogP contribution in [0.3, 0.4) is 0 Å². The molecule has 0 spiro atoms. The normalized spacial score (nSPS) is 17.2. The summed E-state index contributed by atoms with van der Waals surface area (Å²) in [6.45, 7) is 0.836. The molecule has 0 radical (unpaired) electrons. The van der Waals surface area contributed by atoms with Crippen molar-refractivity contribution in [2.75, 3.05) is 18.7 Å². The molecule has 1 aromatic heterocycles. The van der Waals surface area contributed by atoms with E-state index in [-0.39, 0.29) is 29.7 Å². The number of nitrogens with zero attached hydrogens (tertiary/aromatic N) is 3. The Hall–Kier alpha value is -3.46. The lowest BCUT2D eigenvalue weighted by Crippen LogP contribution is -2.30. The Labute approximate surface area is 176 Å². The fraction of sp³-hybridized carbons (Fsp3) is 0.238. The van der Waals surface area contributed by atoms with Crippen molar-refractivity contribution in [1.82, 2.24) is 15.1 Å². The Balaban J connectivity index is 1.31. The van der Waals surface area contributed by atoms with Crippen molar-refractivity contribution in [3.05, 3.63) is 64.1 Å². The lowest BCUT2D eigenvalue weighted by Gasteiger charge is -2.22. The van der Waals surface area contributed by atoms with E-state index in [1.54, 1.807) is 18.2 Å². The third-order valence-corrected chi connectivity index (χ3v) is 6.11. The van der Waals surface area contributed by atoms with Gasteiger partial charge in [-0.3, -0.25) is 9.59 Å². The van der Waals surface area contributed by atoms with Gasteiger partial charge in [0.1, 0.15) is 5.01 Å². The van der Waals surface area contributed by atoms with Crippen LogP contribution in [0.4, 0.5) is 5.69 Å². The van der Waals surface area contributed by atoms with Crippen molar-refractivity contribution in [1.29, 1.82) is 0 Å². The standard InChI is InChI=1S/C21H18N4O4S/c26-18(22-14-8-9-16-17(11-14)29-12-28-16)20-24-23-19(30-20)15-7-4-10-25(15)21(27)13-5-2-1-3-6-13/h1-3,5-6,8-9,11,15H,4,7,10,12H2,(H,22,26). The second kappa shape index (κ2) is 7.75. The van der Waals surface area contributed by atoms with Crippen molar-refractivity contribution in [2.45, 2.75) is 18.9 Å². The zero-order valence-electron chi connectivity index (χ0n) is 15.9. The molecule has 1 N–H and O–H groups in total. The van der Waals surface area contributed by atoms with Crippen LogP contribution in [0.1, 0.15) is 44.1 Å². The largest absolute Gasteiger partial charge is 0.454 e. The number of likely N-dealkylation sites (tertiary alicyclic amines) is 1. The fourth-order valence-corrected chi connectivity index (χ4v) is 4.52. The number of benzene rings is 2. The number of aromatic nitrogens is 2. The van der Waals surface area contributed by atoms with E-state index >= 15 is 0 Å². The molecule has 30 heavy (non-hydrogen) atoms. The van der Waals surface area contributed by atoms with Crippen molar-refractivity contribution in [3.8, 4) is 11.5 Å². The molecule has 9 heteroatoms. The number of carbonyl (C=O) groups is 2. The average molecular weight is 422 g/mol. The number of nitrogens with one attached hydrogen (secondary N) is 1. The zero-order valence-corrected chi connectivity index (χ0v) is 16.7.